The van der Waals surface area contributed by atoms with Crippen molar-refractivity contribution >= 4 is 23.2 Å². The lowest BCUT2D eigenvalue weighted by Crippen LogP contribution is -2.12. The summed E-state index contributed by atoms with van der Waals surface area (Å²) in [7, 11) is 1.61. The third kappa shape index (κ3) is 5.46. The number of rotatable bonds is 9. The number of aromatic nitrogens is 5. The van der Waals surface area contributed by atoms with Crippen molar-refractivity contribution in [1.29, 1.82) is 0 Å². The number of carboxylic acid groups (broad SMARTS) is 1. The van der Waals surface area contributed by atoms with Crippen LogP contribution in [0.2, 0.25) is 0 Å². The van der Waals surface area contributed by atoms with E-state index in [-0.39, 0.29) is 11.1 Å². The number of H-pyrrole nitrogens is 1. The number of ether oxygens (including phenoxy) is 2. The molecule has 0 atom stereocenters. The van der Waals surface area contributed by atoms with Crippen LogP contribution < -0.4 is 15.0 Å². The molecule has 0 saturated carbocycles. The Morgan fingerprint density at radius 3 is 2.58 bits per heavy atom. The van der Waals surface area contributed by atoms with Crippen LogP contribution in [0.25, 0.3) is 39.8 Å². The van der Waals surface area contributed by atoms with Gasteiger partial charge in [-0.3, -0.25) is 4.79 Å². The molecular weight excluding hydrogens is 510 g/mol. The normalized spacial score (nSPS) is 11.5. The average Bonchev–Trinajstić information content (AvgIpc) is 3.36. The number of carbonyl (C=O) groups is 1. The molecule has 5 aromatic rings. The summed E-state index contributed by atoms with van der Waals surface area (Å²) in [6.07, 6.45) is 1.62. The van der Waals surface area contributed by atoms with E-state index in [1.807, 2.05) is 73.7 Å². The van der Waals surface area contributed by atoms with Crippen molar-refractivity contribution < 1.29 is 19.4 Å². The first-order valence-electron chi connectivity index (χ1n) is 12.6. The fourth-order valence-corrected chi connectivity index (χ4v) is 4.30. The van der Waals surface area contributed by atoms with Gasteiger partial charge in [0.2, 0.25) is 0 Å². The SMILES string of the molecule is CCOc1cc(-c2cccc(/C=C(\C)C(=O)O)c2)ccc1-c1nc2c(nnn2Cc2ccc(OC)cc2)c(=O)[nH]1. The minimum Gasteiger partial charge on any atom is -0.497 e. The Morgan fingerprint density at radius 2 is 1.85 bits per heavy atom. The quantitative estimate of drug-likeness (QED) is 0.257. The number of nitrogens with zero attached hydrogens (tertiary/aromatic N) is 4. The van der Waals surface area contributed by atoms with E-state index in [4.69, 9.17) is 14.5 Å². The fourth-order valence-electron chi connectivity index (χ4n) is 4.30. The van der Waals surface area contributed by atoms with Crippen molar-refractivity contribution in [2.75, 3.05) is 13.7 Å². The number of benzene rings is 3. The number of aromatic amines is 1. The van der Waals surface area contributed by atoms with Gasteiger partial charge in [-0.25, -0.2) is 14.5 Å². The summed E-state index contributed by atoms with van der Waals surface area (Å²) >= 11 is 0. The Morgan fingerprint density at radius 1 is 1.07 bits per heavy atom. The van der Waals surface area contributed by atoms with Crippen LogP contribution in [0.15, 0.2) is 77.1 Å². The van der Waals surface area contributed by atoms with E-state index in [1.54, 1.807) is 24.8 Å². The van der Waals surface area contributed by atoms with Gasteiger partial charge in [0.25, 0.3) is 5.56 Å². The predicted octanol–water partition coefficient (Wildman–Crippen LogP) is 4.79. The van der Waals surface area contributed by atoms with Crippen LogP contribution in [0.5, 0.6) is 11.5 Å². The first kappa shape index (κ1) is 26.4. The number of methoxy groups -OCH3 is 1. The molecule has 0 amide bonds. The van der Waals surface area contributed by atoms with Crippen LogP contribution in [0.4, 0.5) is 0 Å². The van der Waals surface area contributed by atoms with Crippen LogP contribution in [0, 0.1) is 0 Å². The standard InChI is InChI=1S/C30H27N5O5/c1-4-40-25-16-22(21-7-5-6-20(15-21)14-18(2)30(37)38)10-13-24(25)27-31-28-26(29(36)32-27)33-34-35(28)17-19-8-11-23(39-3)12-9-19/h5-16H,4,17H2,1-3H3,(H,37,38)(H,31,32,36)/b18-14+. The molecule has 2 aromatic heterocycles. The molecule has 0 saturated heterocycles. The summed E-state index contributed by atoms with van der Waals surface area (Å²) < 4.78 is 12.8. The highest BCUT2D eigenvalue weighted by atomic mass is 16.5. The van der Waals surface area contributed by atoms with Crippen molar-refractivity contribution in [3.63, 3.8) is 0 Å². The van der Waals surface area contributed by atoms with Gasteiger partial charge in [-0.2, -0.15) is 0 Å². The maximum absolute atomic E-state index is 12.9. The van der Waals surface area contributed by atoms with Crippen molar-refractivity contribution in [3.05, 3.63) is 93.8 Å². The summed E-state index contributed by atoms with van der Waals surface area (Å²) in [4.78, 5) is 31.7. The molecule has 5 rings (SSSR count). The zero-order valence-electron chi connectivity index (χ0n) is 22.2. The molecule has 2 N–H and O–H groups in total. The molecule has 0 aliphatic rings. The van der Waals surface area contributed by atoms with Gasteiger partial charge in [-0.05, 0) is 72.5 Å². The van der Waals surface area contributed by atoms with Crippen molar-refractivity contribution in [2.45, 2.75) is 20.4 Å². The number of carboxylic acids is 1. The highest BCUT2D eigenvalue weighted by Crippen LogP contribution is 2.33. The van der Waals surface area contributed by atoms with Crippen LogP contribution in [-0.2, 0) is 11.3 Å². The number of hydrogen-bond donors (Lipinski definition) is 2. The van der Waals surface area contributed by atoms with Gasteiger partial charge in [0.05, 0.1) is 25.8 Å². The molecule has 10 nitrogen and oxygen atoms in total. The van der Waals surface area contributed by atoms with Crippen LogP contribution >= 0.6 is 0 Å². The van der Waals surface area contributed by atoms with Gasteiger partial charge in [-0.1, -0.05) is 41.6 Å². The van der Waals surface area contributed by atoms with Gasteiger partial charge < -0.3 is 19.6 Å². The van der Waals surface area contributed by atoms with E-state index in [0.717, 1.165) is 28.0 Å². The zero-order valence-corrected chi connectivity index (χ0v) is 22.2. The lowest BCUT2D eigenvalue weighted by Gasteiger charge is -2.13. The molecule has 0 aliphatic carbocycles. The van der Waals surface area contributed by atoms with Gasteiger partial charge >= 0.3 is 5.97 Å². The van der Waals surface area contributed by atoms with E-state index in [2.05, 4.69) is 15.3 Å². The van der Waals surface area contributed by atoms with Crippen molar-refractivity contribution in [1.82, 2.24) is 25.0 Å². The van der Waals surface area contributed by atoms with Crippen LogP contribution in [0.3, 0.4) is 0 Å². The molecule has 0 radical (unpaired) electrons. The van der Waals surface area contributed by atoms with E-state index in [0.29, 0.717) is 35.9 Å². The molecule has 10 heteroatoms. The number of hydrogen-bond acceptors (Lipinski definition) is 7. The monoisotopic (exact) mass is 537 g/mol. The lowest BCUT2D eigenvalue weighted by molar-refractivity contribution is -0.132. The fraction of sp³-hybridized carbons (Fsp3) is 0.167. The van der Waals surface area contributed by atoms with E-state index >= 15 is 0 Å². The average molecular weight is 538 g/mol. The first-order chi connectivity index (χ1) is 19.4. The molecule has 0 fully saturated rings. The number of nitrogens with one attached hydrogen (secondary N) is 1. The lowest BCUT2D eigenvalue weighted by atomic mass is 10.00. The Balaban J connectivity index is 1.53. The first-order valence-corrected chi connectivity index (χ1v) is 12.6. The molecule has 2 heterocycles. The van der Waals surface area contributed by atoms with E-state index < -0.39 is 11.5 Å². The Bertz CT molecular complexity index is 1790. The topological polar surface area (TPSA) is 132 Å². The molecule has 0 bridgehead atoms. The summed E-state index contributed by atoms with van der Waals surface area (Å²) in [5, 5.41) is 17.4. The molecule has 0 aliphatic heterocycles. The van der Waals surface area contributed by atoms with E-state index in [1.165, 1.54) is 0 Å². The highest BCUT2D eigenvalue weighted by molar-refractivity contribution is 5.91. The van der Waals surface area contributed by atoms with Gasteiger partial charge in [-0.15, -0.1) is 5.10 Å². The molecule has 3 aromatic carbocycles. The van der Waals surface area contributed by atoms with Gasteiger partial charge in [0, 0.05) is 5.57 Å². The third-order valence-corrected chi connectivity index (χ3v) is 6.34. The number of aliphatic carboxylic acids is 1. The van der Waals surface area contributed by atoms with Crippen molar-refractivity contribution in [2.24, 2.45) is 0 Å². The molecule has 202 valence electrons. The second-order valence-electron chi connectivity index (χ2n) is 9.08. The minimum atomic E-state index is -0.965. The maximum Gasteiger partial charge on any atom is 0.331 e. The third-order valence-electron chi connectivity index (χ3n) is 6.34. The molecule has 40 heavy (non-hydrogen) atoms. The van der Waals surface area contributed by atoms with E-state index in [9.17, 15) is 14.7 Å². The molecule has 0 spiro atoms. The molecular formula is C30H27N5O5. The zero-order chi connectivity index (χ0) is 28.2. The van der Waals surface area contributed by atoms with Crippen molar-refractivity contribution in [3.8, 4) is 34.0 Å². The predicted molar refractivity (Wildman–Crippen MR) is 151 cm³/mol. The summed E-state index contributed by atoms with van der Waals surface area (Å²) in [5.41, 5.74) is 4.43. The number of fused-ring (bicyclic) bond motifs is 1. The van der Waals surface area contributed by atoms with Gasteiger partial charge in [0.1, 0.15) is 17.3 Å². The Labute approximate surface area is 229 Å². The summed E-state index contributed by atoms with van der Waals surface area (Å²) in [5.74, 6) is 0.654. The van der Waals surface area contributed by atoms with Crippen LogP contribution in [-0.4, -0.2) is 49.8 Å². The maximum atomic E-state index is 12.9. The highest BCUT2D eigenvalue weighted by Gasteiger charge is 2.17. The smallest absolute Gasteiger partial charge is 0.331 e. The van der Waals surface area contributed by atoms with Gasteiger partial charge in [0.15, 0.2) is 11.2 Å². The molecule has 0 unspecified atom stereocenters. The second-order valence-corrected chi connectivity index (χ2v) is 9.08. The second kappa shape index (κ2) is 11.2. The minimum absolute atomic E-state index is 0.147. The summed E-state index contributed by atoms with van der Waals surface area (Å²) in [6, 6.07) is 20.7. The largest absolute Gasteiger partial charge is 0.497 e. The van der Waals surface area contributed by atoms with Crippen LogP contribution in [0.1, 0.15) is 25.0 Å². The summed E-state index contributed by atoms with van der Waals surface area (Å²) in [6.45, 7) is 4.21. The Hall–Kier alpha value is -5.25. The Kier molecular flexibility index (Phi) is 7.41.